The zero-order chi connectivity index (χ0) is 26.5. The number of aromatic nitrogens is 1. The molecule has 196 valence electrons. The second-order valence-corrected chi connectivity index (χ2v) is 10.3. The summed E-state index contributed by atoms with van der Waals surface area (Å²) in [6.45, 7) is 6.41. The first-order valence-electron chi connectivity index (χ1n) is 13.1. The number of nitrogens with zero attached hydrogens (tertiary/aromatic N) is 2. The van der Waals surface area contributed by atoms with Gasteiger partial charge in [0.2, 0.25) is 5.91 Å². The van der Waals surface area contributed by atoms with Crippen LogP contribution in [0, 0.1) is 18.6 Å². The van der Waals surface area contributed by atoms with Gasteiger partial charge in [0.25, 0.3) is 0 Å². The molecule has 3 aromatic rings. The van der Waals surface area contributed by atoms with Crippen LogP contribution in [0.3, 0.4) is 0 Å². The van der Waals surface area contributed by atoms with Crippen molar-refractivity contribution < 1.29 is 18.4 Å². The van der Waals surface area contributed by atoms with Crippen LogP contribution in [0.2, 0.25) is 0 Å². The molecule has 1 amide bonds. The van der Waals surface area contributed by atoms with Crippen molar-refractivity contribution in [2.45, 2.75) is 77.4 Å². The Morgan fingerprint density at radius 2 is 1.76 bits per heavy atom. The number of halogens is 2. The lowest BCUT2D eigenvalue weighted by molar-refractivity contribution is -0.129. The first-order valence-corrected chi connectivity index (χ1v) is 13.1. The van der Waals surface area contributed by atoms with E-state index in [1.54, 1.807) is 6.20 Å². The summed E-state index contributed by atoms with van der Waals surface area (Å²) in [6.07, 6.45) is 5.83. The Kier molecular flexibility index (Phi) is 8.64. The van der Waals surface area contributed by atoms with Gasteiger partial charge in [-0.2, -0.15) is 0 Å². The maximum Gasteiger partial charge on any atom is 0.234 e. The second-order valence-electron chi connectivity index (χ2n) is 10.3. The van der Waals surface area contributed by atoms with Gasteiger partial charge in [-0.1, -0.05) is 30.7 Å². The van der Waals surface area contributed by atoms with E-state index in [1.807, 2.05) is 25.1 Å². The van der Waals surface area contributed by atoms with Crippen LogP contribution in [-0.4, -0.2) is 46.2 Å². The van der Waals surface area contributed by atoms with E-state index < -0.39 is 17.7 Å². The summed E-state index contributed by atoms with van der Waals surface area (Å²) in [5, 5.41) is 5.04. The number of rotatable bonds is 9. The number of benzene rings is 2. The number of aryl methyl sites for hydroxylation is 2. The molecule has 0 radical (unpaired) electrons. The summed E-state index contributed by atoms with van der Waals surface area (Å²) in [5.41, 5.74) is 2.43. The number of hydrogen-bond acceptors (Lipinski definition) is 4. The highest BCUT2D eigenvalue weighted by atomic mass is 19.2. The number of ketones is 1. The number of carbonyl (C=O) groups is 2. The number of piperidine rings is 1. The molecule has 1 aliphatic heterocycles. The Hall–Kier alpha value is -3.19. The van der Waals surface area contributed by atoms with Gasteiger partial charge in [-0.15, -0.1) is 0 Å². The number of fused-ring (bicyclic) bond motifs is 1. The summed E-state index contributed by atoms with van der Waals surface area (Å²) in [7, 11) is 0. The summed E-state index contributed by atoms with van der Waals surface area (Å²) in [4.78, 5) is 32.9. The molecule has 0 bridgehead atoms. The molecule has 2 unspecified atom stereocenters. The van der Waals surface area contributed by atoms with Crippen molar-refractivity contribution in [3.8, 4) is 0 Å². The molecule has 1 N–H and O–H groups in total. The highest BCUT2D eigenvalue weighted by Gasteiger charge is 2.28. The van der Waals surface area contributed by atoms with Gasteiger partial charge in [0, 0.05) is 35.8 Å². The number of amides is 1. The van der Waals surface area contributed by atoms with Crippen LogP contribution in [0.1, 0.15) is 56.4 Å². The standard InChI is InChI=1S/C30H35F2N3O2/c1-19-5-4-6-20(2)35(19)18-30(37)34-28(17-23-8-11-26(31)27(32)16-23)29(36)12-9-22-7-10-25-21(3)33-14-13-24(25)15-22/h7-8,10-11,13-16,19-20,28H,4-6,9,12,17-18H2,1-3H3,(H,34,37)/t19?,20?,28-/m0/s1. The average molecular weight is 508 g/mol. The topological polar surface area (TPSA) is 62.3 Å². The Bertz CT molecular complexity index is 1270. The molecule has 2 heterocycles. The number of Topliss-reactive ketones (excluding diaryl/α,β-unsaturated/α-hetero) is 1. The second kappa shape index (κ2) is 11.9. The lowest BCUT2D eigenvalue weighted by Crippen LogP contribution is -2.51. The van der Waals surface area contributed by atoms with E-state index in [4.69, 9.17) is 0 Å². The van der Waals surface area contributed by atoms with Crippen molar-refractivity contribution in [2.75, 3.05) is 6.54 Å². The van der Waals surface area contributed by atoms with Gasteiger partial charge >= 0.3 is 0 Å². The van der Waals surface area contributed by atoms with E-state index in [0.717, 1.165) is 53.4 Å². The molecule has 37 heavy (non-hydrogen) atoms. The normalized spacial score (nSPS) is 19.1. The summed E-state index contributed by atoms with van der Waals surface area (Å²) < 4.78 is 27.3. The lowest BCUT2D eigenvalue weighted by atomic mass is 9.96. The van der Waals surface area contributed by atoms with Crippen molar-refractivity contribution >= 4 is 22.5 Å². The van der Waals surface area contributed by atoms with Gasteiger partial charge in [0.15, 0.2) is 17.4 Å². The predicted octanol–water partition coefficient (Wildman–Crippen LogP) is 5.31. The molecule has 0 aliphatic carbocycles. The van der Waals surface area contributed by atoms with Crippen LogP contribution in [0.15, 0.2) is 48.7 Å². The van der Waals surface area contributed by atoms with E-state index >= 15 is 0 Å². The number of carbonyl (C=O) groups excluding carboxylic acids is 2. The fourth-order valence-corrected chi connectivity index (χ4v) is 5.32. The Morgan fingerprint density at radius 3 is 2.49 bits per heavy atom. The van der Waals surface area contributed by atoms with Crippen LogP contribution >= 0.6 is 0 Å². The minimum Gasteiger partial charge on any atom is -0.345 e. The maximum absolute atomic E-state index is 13.9. The fraction of sp³-hybridized carbons (Fsp3) is 0.433. The third-order valence-electron chi connectivity index (χ3n) is 7.54. The van der Waals surface area contributed by atoms with E-state index in [0.29, 0.717) is 24.1 Å². The number of pyridine rings is 1. The van der Waals surface area contributed by atoms with Crippen molar-refractivity contribution in [3.63, 3.8) is 0 Å². The van der Waals surface area contributed by atoms with E-state index in [2.05, 4.69) is 35.1 Å². The van der Waals surface area contributed by atoms with Gasteiger partial charge in [0.1, 0.15) is 0 Å². The SMILES string of the molecule is Cc1nccc2cc(CCC(=O)[C@H](Cc3ccc(F)c(F)c3)NC(=O)CN3C(C)CCCC3C)ccc12. The van der Waals surface area contributed by atoms with Gasteiger partial charge in [-0.25, -0.2) is 8.78 Å². The Labute approximate surface area is 217 Å². The van der Waals surface area contributed by atoms with Crippen LogP contribution in [0.4, 0.5) is 8.78 Å². The highest BCUT2D eigenvalue weighted by Crippen LogP contribution is 2.22. The molecule has 4 rings (SSSR count). The summed E-state index contributed by atoms with van der Waals surface area (Å²) in [5.74, 6) is -2.27. The molecule has 1 aliphatic rings. The zero-order valence-electron chi connectivity index (χ0n) is 21.8. The number of hydrogen-bond donors (Lipinski definition) is 1. The maximum atomic E-state index is 13.9. The molecule has 0 spiro atoms. The third-order valence-corrected chi connectivity index (χ3v) is 7.54. The van der Waals surface area contributed by atoms with E-state index in [-0.39, 0.29) is 31.1 Å². The molecule has 3 atom stereocenters. The van der Waals surface area contributed by atoms with Crippen molar-refractivity contribution in [1.29, 1.82) is 0 Å². The van der Waals surface area contributed by atoms with Gasteiger partial charge in [-0.05, 0) is 81.2 Å². The summed E-state index contributed by atoms with van der Waals surface area (Å²) in [6, 6.07) is 11.4. The Morgan fingerprint density at radius 1 is 1.03 bits per heavy atom. The number of likely N-dealkylation sites (tertiary alicyclic amines) is 1. The molecule has 2 aromatic carbocycles. The van der Waals surface area contributed by atoms with E-state index in [9.17, 15) is 18.4 Å². The van der Waals surface area contributed by atoms with Crippen LogP contribution < -0.4 is 5.32 Å². The molecule has 7 heteroatoms. The van der Waals surface area contributed by atoms with Crippen molar-refractivity contribution in [3.05, 3.63) is 77.1 Å². The first-order chi connectivity index (χ1) is 17.7. The van der Waals surface area contributed by atoms with Crippen molar-refractivity contribution in [1.82, 2.24) is 15.2 Å². The molecule has 1 fully saturated rings. The molecule has 1 aromatic heterocycles. The van der Waals surface area contributed by atoms with Crippen molar-refractivity contribution in [2.24, 2.45) is 0 Å². The molecular weight excluding hydrogens is 472 g/mol. The third kappa shape index (κ3) is 6.77. The lowest BCUT2D eigenvalue weighted by Gasteiger charge is -2.38. The minimum atomic E-state index is -0.966. The predicted molar refractivity (Wildman–Crippen MR) is 141 cm³/mol. The molecule has 0 saturated carbocycles. The largest absolute Gasteiger partial charge is 0.345 e. The number of nitrogens with one attached hydrogen (secondary N) is 1. The van der Waals surface area contributed by atoms with E-state index in [1.165, 1.54) is 6.07 Å². The van der Waals surface area contributed by atoms with Gasteiger partial charge < -0.3 is 5.32 Å². The zero-order valence-corrected chi connectivity index (χ0v) is 21.8. The van der Waals surface area contributed by atoms with Crippen LogP contribution in [0.25, 0.3) is 10.8 Å². The minimum absolute atomic E-state index is 0.107. The monoisotopic (exact) mass is 507 g/mol. The highest BCUT2D eigenvalue weighted by molar-refractivity contribution is 5.90. The molecule has 1 saturated heterocycles. The summed E-state index contributed by atoms with van der Waals surface area (Å²) >= 11 is 0. The molecular formula is C30H35F2N3O2. The average Bonchev–Trinajstić information content (AvgIpc) is 2.87. The van der Waals surface area contributed by atoms with Gasteiger partial charge in [-0.3, -0.25) is 19.5 Å². The Balaban J connectivity index is 1.47. The quantitative estimate of drug-likeness (QED) is 0.426. The van der Waals surface area contributed by atoms with Crippen LogP contribution in [0.5, 0.6) is 0 Å². The fourth-order valence-electron chi connectivity index (χ4n) is 5.32. The van der Waals surface area contributed by atoms with Crippen LogP contribution in [-0.2, 0) is 22.4 Å². The van der Waals surface area contributed by atoms with Gasteiger partial charge in [0.05, 0.1) is 12.6 Å². The molecule has 5 nitrogen and oxygen atoms in total. The first kappa shape index (κ1) is 26.9. The smallest absolute Gasteiger partial charge is 0.234 e.